The molecule has 0 aliphatic carbocycles. The van der Waals surface area contributed by atoms with Crippen molar-refractivity contribution in [2.24, 2.45) is 0 Å². The van der Waals surface area contributed by atoms with E-state index < -0.39 is 0 Å². The maximum absolute atomic E-state index is 4.65. The third-order valence-corrected chi connectivity index (χ3v) is 12.0. The molecule has 0 atom stereocenters. The summed E-state index contributed by atoms with van der Waals surface area (Å²) in [7, 11) is 0. The fourth-order valence-electron chi connectivity index (χ4n) is 8.74. The zero-order valence-electron chi connectivity index (χ0n) is 40.2. The van der Waals surface area contributed by atoms with E-state index in [0.29, 0.717) is 0 Å². The van der Waals surface area contributed by atoms with Crippen LogP contribution in [-0.4, -0.2) is 29.9 Å². The van der Waals surface area contributed by atoms with Gasteiger partial charge >= 0.3 is 0 Å². The fraction of sp³-hybridized carbons (Fsp3) is 0. The average Bonchev–Trinajstić information content (AvgIpc) is 3.49. The minimum absolute atomic E-state index is 0. The van der Waals surface area contributed by atoms with Gasteiger partial charge in [-0.15, -0.1) is 24.8 Å². The number of hydrogen-bond donors (Lipinski definition) is 0. The van der Waals surface area contributed by atoms with Crippen LogP contribution in [0, 0.1) is 0 Å². The van der Waals surface area contributed by atoms with Gasteiger partial charge in [-0.05, 0) is 105 Å². The molecule has 0 aliphatic rings. The molecule has 0 unspecified atom stereocenters. The maximum atomic E-state index is 4.65. The molecule has 0 bridgehead atoms. The molecular weight excluding hydrogens is 948 g/mol. The van der Waals surface area contributed by atoms with Crippen molar-refractivity contribution in [1.82, 2.24) is 29.9 Å². The molecular formula is C66H50Cl2N6. The van der Waals surface area contributed by atoms with Crippen LogP contribution in [0.4, 0.5) is 0 Å². The van der Waals surface area contributed by atoms with Gasteiger partial charge in [-0.3, -0.25) is 29.9 Å². The second kappa shape index (κ2) is 25.8. The van der Waals surface area contributed by atoms with Crippen LogP contribution in [0.3, 0.4) is 0 Å². The van der Waals surface area contributed by atoms with Crippen LogP contribution in [0.15, 0.2) is 292 Å². The number of halogens is 2. The van der Waals surface area contributed by atoms with Gasteiger partial charge in [-0.25, -0.2) is 0 Å². The summed E-state index contributed by atoms with van der Waals surface area (Å²) in [5.74, 6) is 0. The third kappa shape index (κ3) is 12.1. The van der Waals surface area contributed by atoms with Crippen molar-refractivity contribution in [3.63, 3.8) is 0 Å². The zero-order chi connectivity index (χ0) is 48.6. The summed E-state index contributed by atoms with van der Waals surface area (Å²) in [6.07, 6.45) is 11.0. The van der Waals surface area contributed by atoms with Gasteiger partial charge in [0.25, 0.3) is 0 Å². The molecule has 0 amide bonds. The molecule has 74 heavy (non-hydrogen) atoms. The van der Waals surface area contributed by atoms with Crippen LogP contribution < -0.4 is 0 Å². The van der Waals surface area contributed by atoms with Crippen LogP contribution in [-0.2, 0) is 0 Å². The largest absolute Gasteiger partial charge is 0.255 e. The lowest BCUT2D eigenvalue weighted by Gasteiger charge is -2.14. The summed E-state index contributed by atoms with van der Waals surface area (Å²) in [4.78, 5) is 27.5. The van der Waals surface area contributed by atoms with E-state index in [2.05, 4.69) is 194 Å². The number of rotatable bonds is 9. The predicted molar refractivity (Wildman–Crippen MR) is 310 cm³/mol. The Morgan fingerprint density at radius 1 is 0.176 bits per heavy atom. The van der Waals surface area contributed by atoms with Crippen molar-refractivity contribution in [1.29, 1.82) is 0 Å². The van der Waals surface area contributed by atoms with E-state index in [1.165, 1.54) is 16.7 Å². The molecule has 6 nitrogen and oxygen atoms in total. The minimum Gasteiger partial charge on any atom is -0.255 e. The normalized spacial score (nSPS) is 10.2. The van der Waals surface area contributed by atoms with Crippen LogP contribution in [0.5, 0.6) is 0 Å². The Bertz CT molecular complexity index is 3020. The topological polar surface area (TPSA) is 77.3 Å². The molecule has 0 N–H and O–H groups in total. The molecule has 0 radical (unpaired) electrons. The number of benzene rings is 6. The molecule has 6 aromatic heterocycles. The average molecular weight is 998 g/mol. The second-order valence-electron chi connectivity index (χ2n) is 16.6. The number of aromatic nitrogens is 6. The lowest BCUT2D eigenvalue weighted by molar-refractivity contribution is 1.25. The van der Waals surface area contributed by atoms with Gasteiger partial charge in [-0.2, -0.15) is 0 Å². The molecule has 358 valence electrons. The monoisotopic (exact) mass is 996 g/mol. The predicted octanol–water partition coefficient (Wildman–Crippen LogP) is 17.3. The van der Waals surface area contributed by atoms with E-state index in [-0.39, 0.29) is 24.8 Å². The highest BCUT2D eigenvalue weighted by molar-refractivity contribution is 5.94. The highest BCUT2D eigenvalue weighted by Crippen LogP contribution is 2.40. The Labute approximate surface area is 445 Å². The molecule has 6 aromatic carbocycles. The Kier molecular flexibility index (Phi) is 17.8. The lowest BCUT2D eigenvalue weighted by atomic mass is 9.92. The first-order valence-corrected chi connectivity index (χ1v) is 23.8. The van der Waals surface area contributed by atoms with Gasteiger partial charge in [0.1, 0.15) is 0 Å². The standard InChI is InChI=1S/3C22H16N2.2ClH/c3*1-3-9-17(10-4-1)19-14-16-24-22(20-13-7-8-15-23-20)21(19)18-11-5-2-6-12-18;;/h3*1-16H;2*1H. The molecule has 0 saturated heterocycles. The van der Waals surface area contributed by atoms with Gasteiger partial charge in [0, 0.05) is 53.9 Å². The van der Waals surface area contributed by atoms with Crippen molar-refractivity contribution >= 4 is 24.8 Å². The molecule has 8 heteroatoms. The first kappa shape index (κ1) is 51.2. The molecule has 12 aromatic rings. The molecule has 0 saturated carbocycles. The van der Waals surface area contributed by atoms with Crippen molar-refractivity contribution in [3.8, 4) is 101 Å². The summed E-state index contributed by atoms with van der Waals surface area (Å²) in [5.41, 5.74) is 19.2. The first-order valence-electron chi connectivity index (χ1n) is 23.8. The quantitative estimate of drug-likeness (QED) is 0.143. The van der Waals surface area contributed by atoms with Gasteiger partial charge < -0.3 is 0 Å². The van der Waals surface area contributed by atoms with E-state index >= 15 is 0 Å². The second-order valence-corrected chi connectivity index (χ2v) is 16.6. The van der Waals surface area contributed by atoms with Crippen molar-refractivity contribution in [3.05, 3.63) is 292 Å². The Hall–Kier alpha value is -9.20. The van der Waals surface area contributed by atoms with Crippen LogP contribution in [0.2, 0.25) is 0 Å². The first-order chi connectivity index (χ1) is 35.8. The van der Waals surface area contributed by atoms with Crippen molar-refractivity contribution in [2.45, 2.75) is 0 Å². The molecule has 0 fully saturated rings. The van der Waals surface area contributed by atoms with Gasteiger partial charge in [-0.1, -0.05) is 200 Å². The fourth-order valence-corrected chi connectivity index (χ4v) is 8.74. The summed E-state index contributed by atoms with van der Waals surface area (Å²) >= 11 is 0. The lowest BCUT2D eigenvalue weighted by Crippen LogP contribution is -1.94. The van der Waals surface area contributed by atoms with E-state index in [1.54, 1.807) is 18.6 Å². The number of nitrogens with zero attached hydrogens (tertiary/aromatic N) is 6. The van der Waals surface area contributed by atoms with Gasteiger partial charge in [0.05, 0.1) is 34.2 Å². The Morgan fingerprint density at radius 2 is 0.392 bits per heavy atom. The smallest absolute Gasteiger partial charge is 0.0970 e. The van der Waals surface area contributed by atoms with Crippen LogP contribution in [0.25, 0.3) is 101 Å². The van der Waals surface area contributed by atoms with E-state index in [4.69, 9.17) is 0 Å². The van der Waals surface area contributed by atoms with Gasteiger partial charge in [0.2, 0.25) is 0 Å². The maximum Gasteiger partial charge on any atom is 0.0970 e. The Morgan fingerprint density at radius 3 is 0.608 bits per heavy atom. The van der Waals surface area contributed by atoms with Gasteiger partial charge in [0.15, 0.2) is 0 Å². The number of hydrogen-bond acceptors (Lipinski definition) is 6. The molecule has 0 aliphatic heterocycles. The highest BCUT2D eigenvalue weighted by Gasteiger charge is 2.18. The molecule has 12 rings (SSSR count). The van der Waals surface area contributed by atoms with E-state index in [1.807, 2.05) is 110 Å². The molecule has 6 heterocycles. The molecule has 0 spiro atoms. The van der Waals surface area contributed by atoms with Crippen molar-refractivity contribution < 1.29 is 0 Å². The van der Waals surface area contributed by atoms with Crippen molar-refractivity contribution in [2.75, 3.05) is 0 Å². The minimum atomic E-state index is 0. The third-order valence-electron chi connectivity index (χ3n) is 12.0. The van der Waals surface area contributed by atoms with Crippen LogP contribution in [0.1, 0.15) is 0 Å². The number of pyridine rings is 6. The summed E-state index contributed by atoms with van der Waals surface area (Å²) in [6, 6.07) is 86.4. The van der Waals surface area contributed by atoms with Crippen LogP contribution >= 0.6 is 24.8 Å². The van der Waals surface area contributed by atoms with E-state index in [0.717, 1.165) is 84.2 Å². The SMILES string of the molecule is Cl.Cl.c1ccc(-c2ccnc(-c3ccccn3)c2-c2ccccc2)cc1.c1ccc(-c2ccnc(-c3ccccn3)c2-c2ccccc2)cc1.c1ccc(-c2ccnc(-c3ccccn3)c2-c2ccccc2)cc1. The Balaban J connectivity index is 0.000000146. The summed E-state index contributed by atoms with van der Waals surface area (Å²) < 4.78 is 0. The summed E-state index contributed by atoms with van der Waals surface area (Å²) in [5, 5.41) is 0. The highest BCUT2D eigenvalue weighted by atomic mass is 35.5. The summed E-state index contributed by atoms with van der Waals surface area (Å²) in [6.45, 7) is 0. The van der Waals surface area contributed by atoms with E-state index in [9.17, 15) is 0 Å². The zero-order valence-corrected chi connectivity index (χ0v) is 41.8.